The minimum atomic E-state index is -3.35. The topological polar surface area (TPSA) is 62.3 Å². The van der Waals surface area contributed by atoms with E-state index in [1.165, 1.54) is 38.3 Å². The van der Waals surface area contributed by atoms with E-state index in [1.807, 2.05) is 0 Å². The number of pyridine rings is 1. The van der Waals surface area contributed by atoms with Crippen LogP contribution in [0.25, 0.3) is 0 Å². The zero-order valence-corrected chi connectivity index (χ0v) is 13.1. The maximum absolute atomic E-state index is 12.4. The number of sulfonamides is 1. The van der Waals surface area contributed by atoms with Crippen molar-refractivity contribution in [1.82, 2.24) is 9.29 Å². The Kier molecular flexibility index (Phi) is 4.45. The molecule has 0 spiro atoms. The Morgan fingerprint density at radius 2 is 1.76 bits per heavy atom. The first-order valence-corrected chi connectivity index (χ1v) is 9.33. The fraction of sp³-hybridized carbons (Fsp3) is 0.667. The number of anilines is 1. The van der Waals surface area contributed by atoms with Gasteiger partial charge in [0, 0.05) is 25.3 Å². The molecule has 116 valence electrons. The lowest BCUT2D eigenvalue weighted by Gasteiger charge is -2.23. The second-order valence-corrected chi connectivity index (χ2v) is 7.91. The molecule has 1 aromatic rings. The Bertz CT molecular complexity index is 559. The fourth-order valence-electron chi connectivity index (χ4n) is 3.15. The molecular formula is C15H23N3O2S. The standard InChI is InChI=1S/C15H23N3O2S/c19-21(20,18-10-4-5-11-18)14-8-9-15(16-12-14)17-13-6-2-1-3-7-13/h8-9,12-13H,1-7,10-11H2,(H,16,17). The van der Waals surface area contributed by atoms with E-state index in [0.29, 0.717) is 24.0 Å². The van der Waals surface area contributed by atoms with Gasteiger partial charge in [0.25, 0.3) is 0 Å². The number of aromatic nitrogens is 1. The van der Waals surface area contributed by atoms with Crippen molar-refractivity contribution >= 4 is 15.8 Å². The van der Waals surface area contributed by atoms with Crippen LogP contribution in [0.5, 0.6) is 0 Å². The molecule has 1 aliphatic heterocycles. The number of hydrogen-bond acceptors (Lipinski definition) is 4. The van der Waals surface area contributed by atoms with Gasteiger partial charge in [0.2, 0.25) is 10.0 Å². The monoisotopic (exact) mass is 309 g/mol. The van der Waals surface area contributed by atoms with E-state index in [1.54, 1.807) is 16.4 Å². The molecule has 0 radical (unpaired) electrons. The first kappa shape index (κ1) is 14.8. The summed E-state index contributed by atoms with van der Waals surface area (Å²) in [5.41, 5.74) is 0. The van der Waals surface area contributed by atoms with Crippen LogP contribution in [0.4, 0.5) is 5.82 Å². The van der Waals surface area contributed by atoms with Gasteiger partial charge in [-0.05, 0) is 37.8 Å². The first-order chi connectivity index (χ1) is 10.2. The summed E-state index contributed by atoms with van der Waals surface area (Å²) in [5, 5.41) is 3.41. The first-order valence-electron chi connectivity index (χ1n) is 7.89. The average molecular weight is 309 g/mol. The Morgan fingerprint density at radius 1 is 1.05 bits per heavy atom. The molecule has 1 N–H and O–H groups in total. The minimum absolute atomic E-state index is 0.304. The predicted octanol–water partition coefficient (Wildman–Crippen LogP) is 2.61. The van der Waals surface area contributed by atoms with Gasteiger partial charge in [-0.25, -0.2) is 13.4 Å². The van der Waals surface area contributed by atoms with E-state index >= 15 is 0 Å². The third kappa shape index (κ3) is 3.37. The number of nitrogens with zero attached hydrogens (tertiary/aromatic N) is 2. The third-order valence-corrected chi connectivity index (χ3v) is 6.28. The van der Waals surface area contributed by atoms with Crippen LogP contribution in [0.3, 0.4) is 0 Å². The Labute approximate surface area is 126 Å². The molecule has 1 aromatic heterocycles. The van der Waals surface area contributed by atoms with Gasteiger partial charge >= 0.3 is 0 Å². The van der Waals surface area contributed by atoms with Gasteiger partial charge in [0.05, 0.1) is 0 Å². The minimum Gasteiger partial charge on any atom is -0.367 e. The maximum Gasteiger partial charge on any atom is 0.244 e. The molecule has 2 heterocycles. The van der Waals surface area contributed by atoms with Crippen LogP contribution in [-0.2, 0) is 10.0 Å². The van der Waals surface area contributed by atoms with E-state index in [-0.39, 0.29) is 0 Å². The molecule has 0 aromatic carbocycles. The average Bonchev–Trinajstić information content (AvgIpc) is 3.04. The van der Waals surface area contributed by atoms with Gasteiger partial charge in [-0.1, -0.05) is 19.3 Å². The third-order valence-electron chi connectivity index (χ3n) is 4.40. The van der Waals surface area contributed by atoms with Crippen molar-refractivity contribution in [3.05, 3.63) is 18.3 Å². The van der Waals surface area contributed by atoms with Crippen LogP contribution >= 0.6 is 0 Å². The highest BCUT2D eigenvalue weighted by Gasteiger charge is 2.27. The lowest BCUT2D eigenvalue weighted by Crippen LogP contribution is -2.28. The smallest absolute Gasteiger partial charge is 0.244 e. The summed E-state index contributed by atoms with van der Waals surface area (Å²) in [6, 6.07) is 3.94. The zero-order valence-electron chi connectivity index (χ0n) is 12.3. The molecule has 2 fully saturated rings. The summed E-state index contributed by atoms with van der Waals surface area (Å²) in [6.45, 7) is 1.26. The molecule has 0 atom stereocenters. The summed E-state index contributed by atoms with van der Waals surface area (Å²) in [6.07, 6.45) is 9.59. The van der Waals surface area contributed by atoms with Crippen molar-refractivity contribution in [2.45, 2.75) is 55.9 Å². The Morgan fingerprint density at radius 3 is 2.38 bits per heavy atom. The fourth-order valence-corrected chi connectivity index (χ4v) is 4.61. The van der Waals surface area contributed by atoms with Crippen molar-refractivity contribution in [3.63, 3.8) is 0 Å². The van der Waals surface area contributed by atoms with Crippen molar-refractivity contribution in [3.8, 4) is 0 Å². The van der Waals surface area contributed by atoms with E-state index in [0.717, 1.165) is 18.7 Å². The Balaban J connectivity index is 1.68. The molecule has 1 saturated carbocycles. The van der Waals surface area contributed by atoms with Crippen LogP contribution < -0.4 is 5.32 Å². The van der Waals surface area contributed by atoms with Gasteiger partial charge in [0.15, 0.2) is 0 Å². The van der Waals surface area contributed by atoms with Crippen molar-refractivity contribution < 1.29 is 8.42 Å². The molecule has 1 aliphatic carbocycles. The van der Waals surface area contributed by atoms with Gasteiger partial charge in [-0.3, -0.25) is 0 Å². The number of rotatable bonds is 4. The molecule has 21 heavy (non-hydrogen) atoms. The van der Waals surface area contributed by atoms with Crippen LogP contribution in [-0.4, -0.2) is 36.8 Å². The van der Waals surface area contributed by atoms with Crippen LogP contribution in [0.1, 0.15) is 44.9 Å². The van der Waals surface area contributed by atoms with Crippen molar-refractivity contribution in [2.75, 3.05) is 18.4 Å². The highest BCUT2D eigenvalue weighted by molar-refractivity contribution is 7.89. The second-order valence-electron chi connectivity index (χ2n) is 5.97. The van der Waals surface area contributed by atoms with E-state index in [9.17, 15) is 8.42 Å². The van der Waals surface area contributed by atoms with Crippen molar-refractivity contribution in [1.29, 1.82) is 0 Å². The predicted molar refractivity (Wildman–Crippen MR) is 82.7 cm³/mol. The SMILES string of the molecule is O=S(=O)(c1ccc(NC2CCCCC2)nc1)N1CCCC1. The summed E-state index contributed by atoms with van der Waals surface area (Å²) < 4.78 is 26.4. The maximum atomic E-state index is 12.4. The summed E-state index contributed by atoms with van der Waals surface area (Å²) >= 11 is 0. The lowest BCUT2D eigenvalue weighted by atomic mass is 9.95. The quantitative estimate of drug-likeness (QED) is 0.928. The van der Waals surface area contributed by atoms with E-state index < -0.39 is 10.0 Å². The van der Waals surface area contributed by atoms with E-state index in [2.05, 4.69) is 10.3 Å². The molecule has 0 unspecified atom stereocenters. The molecule has 3 rings (SSSR count). The number of nitrogens with one attached hydrogen (secondary N) is 1. The normalized spacial score (nSPS) is 21.5. The van der Waals surface area contributed by atoms with Crippen LogP contribution in [0, 0.1) is 0 Å². The Hall–Kier alpha value is -1.14. The second kappa shape index (κ2) is 6.32. The molecule has 0 bridgehead atoms. The summed E-state index contributed by atoms with van der Waals surface area (Å²) in [4.78, 5) is 4.60. The highest BCUT2D eigenvalue weighted by Crippen LogP contribution is 2.23. The summed E-state index contributed by atoms with van der Waals surface area (Å²) in [7, 11) is -3.35. The molecule has 5 nitrogen and oxygen atoms in total. The van der Waals surface area contributed by atoms with Gasteiger partial charge in [0.1, 0.15) is 10.7 Å². The highest BCUT2D eigenvalue weighted by atomic mass is 32.2. The molecule has 0 amide bonds. The largest absolute Gasteiger partial charge is 0.367 e. The molecule has 1 saturated heterocycles. The van der Waals surface area contributed by atoms with Crippen LogP contribution in [0.2, 0.25) is 0 Å². The zero-order chi connectivity index (χ0) is 14.7. The van der Waals surface area contributed by atoms with Crippen LogP contribution in [0.15, 0.2) is 23.2 Å². The van der Waals surface area contributed by atoms with E-state index in [4.69, 9.17) is 0 Å². The molecule has 6 heteroatoms. The molecule has 2 aliphatic rings. The molecular weight excluding hydrogens is 286 g/mol. The summed E-state index contributed by atoms with van der Waals surface area (Å²) in [5.74, 6) is 0.780. The lowest BCUT2D eigenvalue weighted by molar-refractivity contribution is 0.461. The van der Waals surface area contributed by atoms with Gasteiger partial charge in [-0.2, -0.15) is 4.31 Å². The van der Waals surface area contributed by atoms with Crippen molar-refractivity contribution in [2.24, 2.45) is 0 Å². The van der Waals surface area contributed by atoms with Gasteiger partial charge in [-0.15, -0.1) is 0 Å². The van der Waals surface area contributed by atoms with Gasteiger partial charge < -0.3 is 5.32 Å². The number of hydrogen-bond donors (Lipinski definition) is 1.